The number of nitrogens with one attached hydrogen (secondary N) is 1. The number of aryl methyl sites for hydroxylation is 2. The van der Waals surface area contributed by atoms with E-state index in [2.05, 4.69) is 5.32 Å². The molecular formula is C21H23FN2O4. The van der Waals surface area contributed by atoms with Crippen LogP contribution in [0.4, 0.5) is 10.1 Å². The molecule has 2 aromatic rings. The summed E-state index contributed by atoms with van der Waals surface area (Å²) >= 11 is 0. The Morgan fingerprint density at radius 3 is 2.36 bits per heavy atom. The number of esters is 1. The zero-order chi connectivity index (χ0) is 20.7. The Morgan fingerprint density at radius 1 is 1.07 bits per heavy atom. The molecule has 0 unspecified atom stereocenters. The highest BCUT2D eigenvalue weighted by Crippen LogP contribution is 2.19. The van der Waals surface area contributed by atoms with E-state index < -0.39 is 24.3 Å². The fourth-order valence-corrected chi connectivity index (χ4v) is 2.61. The molecule has 0 saturated heterocycles. The van der Waals surface area contributed by atoms with Gasteiger partial charge in [0.1, 0.15) is 5.82 Å². The number of anilines is 1. The molecule has 0 aliphatic rings. The third kappa shape index (κ3) is 6.19. The number of amides is 2. The molecule has 0 aliphatic heterocycles. The van der Waals surface area contributed by atoms with Crippen LogP contribution in [-0.4, -0.2) is 42.9 Å². The number of carbonyl (C=O) groups is 3. The lowest BCUT2D eigenvalue weighted by Gasteiger charge is -2.18. The van der Waals surface area contributed by atoms with Gasteiger partial charge in [-0.05, 0) is 42.7 Å². The number of hydrogen-bond acceptors (Lipinski definition) is 4. The van der Waals surface area contributed by atoms with Crippen molar-refractivity contribution in [2.45, 2.75) is 20.3 Å². The average molecular weight is 386 g/mol. The van der Waals surface area contributed by atoms with Crippen molar-refractivity contribution in [1.82, 2.24) is 4.90 Å². The Kier molecular flexibility index (Phi) is 7.26. The topological polar surface area (TPSA) is 75.7 Å². The first-order chi connectivity index (χ1) is 13.3. The summed E-state index contributed by atoms with van der Waals surface area (Å²) in [6, 6.07) is 11.3. The van der Waals surface area contributed by atoms with Crippen LogP contribution in [0.3, 0.4) is 0 Å². The van der Waals surface area contributed by atoms with Crippen molar-refractivity contribution in [3.63, 3.8) is 0 Å². The number of halogens is 1. The first-order valence-electron chi connectivity index (χ1n) is 8.76. The molecule has 0 radical (unpaired) electrons. The number of nitrogens with zero attached hydrogens (tertiary/aromatic N) is 1. The van der Waals surface area contributed by atoms with Gasteiger partial charge in [0.15, 0.2) is 6.61 Å². The van der Waals surface area contributed by atoms with E-state index in [4.69, 9.17) is 4.74 Å². The number of benzene rings is 2. The molecular weight excluding hydrogens is 363 g/mol. The molecule has 0 spiro atoms. The van der Waals surface area contributed by atoms with Crippen LogP contribution in [0.25, 0.3) is 0 Å². The number of ether oxygens (including phenoxy) is 1. The number of para-hydroxylation sites is 1. The van der Waals surface area contributed by atoms with Crippen LogP contribution in [-0.2, 0) is 25.5 Å². The van der Waals surface area contributed by atoms with Crippen molar-refractivity contribution < 1.29 is 23.5 Å². The highest BCUT2D eigenvalue weighted by molar-refractivity contribution is 5.96. The maximum absolute atomic E-state index is 13.1. The van der Waals surface area contributed by atoms with Gasteiger partial charge in [0.25, 0.3) is 5.91 Å². The molecule has 0 bridgehead atoms. The fourth-order valence-electron chi connectivity index (χ4n) is 2.61. The van der Waals surface area contributed by atoms with Gasteiger partial charge in [-0.3, -0.25) is 14.4 Å². The Labute approximate surface area is 163 Å². The van der Waals surface area contributed by atoms with Gasteiger partial charge in [-0.1, -0.05) is 30.3 Å². The van der Waals surface area contributed by atoms with Crippen LogP contribution in [0.1, 0.15) is 16.7 Å². The summed E-state index contributed by atoms with van der Waals surface area (Å²) in [4.78, 5) is 37.3. The van der Waals surface area contributed by atoms with Gasteiger partial charge in [0.2, 0.25) is 5.91 Å². The molecule has 2 amide bonds. The largest absolute Gasteiger partial charge is 0.455 e. The second kappa shape index (κ2) is 9.64. The maximum atomic E-state index is 13.1. The van der Waals surface area contributed by atoms with Crippen molar-refractivity contribution >= 4 is 23.5 Å². The van der Waals surface area contributed by atoms with Crippen LogP contribution in [0.5, 0.6) is 0 Å². The Morgan fingerprint density at radius 2 is 1.71 bits per heavy atom. The lowest BCUT2D eigenvalue weighted by molar-refractivity contribution is -0.151. The summed E-state index contributed by atoms with van der Waals surface area (Å²) in [6.07, 6.45) is -0.137. The monoisotopic (exact) mass is 386 g/mol. The summed E-state index contributed by atoms with van der Waals surface area (Å²) in [7, 11) is 1.45. The molecule has 7 heteroatoms. The maximum Gasteiger partial charge on any atom is 0.310 e. The second-order valence-corrected chi connectivity index (χ2v) is 6.53. The quantitative estimate of drug-likeness (QED) is 0.743. The molecule has 0 atom stereocenters. The van der Waals surface area contributed by atoms with Gasteiger partial charge in [-0.2, -0.15) is 0 Å². The molecule has 2 aromatic carbocycles. The molecule has 0 saturated carbocycles. The smallest absolute Gasteiger partial charge is 0.310 e. The van der Waals surface area contributed by atoms with Crippen LogP contribution in [0, 0.1) is 19.7 Å². The highest BCUT2D eigenvalue weighted by atomic mass is 19.1. The van der Waals surface area contributed by atoms with E-state index in [0.717, 1.165) is 16.8 Å². The minimum Gasteiger partial charge on any atom is -0.455 e. The van der Waals surface area contributed by atoms with E-state index in [1.54, 1.807) is 6.07 Å². The highest BCUT2D eigenvalue weighted by Gasteiger charge is 2.16. The van der Waals surface area contributed by atoms with Crippen LogP contribution in [0.2, 0.25) is 0 Å². The Balaban J connectivity index is 1.80. The van der Waals surface area contributed by atoms with Crippen molar-refractivity contribution in [2.24, 2.45) is 0 Å². The summed E-state index contributed by atoms with van der Waals surface area (Å²) in [5.41, 5.74) is 3.02. The Hall–Kier alpha value is -3.22. The van der Waals surface area contributed by atoms with Crippen LogP contribution >= 0.6 is 0 Å². The van der Waals surface area contributed by atoms with Gasteiger partial charge in [0, 0.05) is 12.7 Å². The van der Waals surface area contributed by atoms with Crippen LogP contribution < -0.4 is 5.32 Å². The minimum atomic E-state index is -0.646. The third-order valence-electron chi connectivity index (χ3n) is 4.15. The molecule has 148 valence electrons. The molecule has 1 N–H and O–H groups in total. The standard InChI is InChI=1S/C21H23FN2O4/c1-14-6-4-7-15(2)21(14)23-18(25)12-24(3)19(26)13-28-20(27)11-16-8-5-9-17(22)10-16/h4-10H,11-13H2,1-3H3,(H,23,25). The van der Waals surface area contributed by atoms with Gasteiger partial charge < -0.3 is 15.0 Å². The summed E-state index contributed by atoms with van der Waals surface area (Å²) in [5.74, 6) is -1.95. The SMILES string of the molecule is Cc1cccc(C)c1NC(=O)CN(C)C(=O)COC(=O)Cc1cccc(F)c1. The lowest BCUT2D eigenvalue weighted by Crippen LogP contribution is -2.37. The number of likely N-dealkylation sites (N-methyl/N-ethyl adjacent to an activating group) is 1. The molecule has 0 aliphatic carbocycles. The van der Waals surface area contributed by atoms with E-state index >= 15 is 0 Å². The summed E-state index contributed by atoms with van der Waals surface area (Å²) in [5, 5.41) is 2.79. The predicted octanol–water partition coefficient (Wildman–Crippen LogP) is 2.63. The van der Waals surface area contributed by atoms with E-state index in [-0.39, 0.29) is 18.9 Å². The van der Waals surface area contributed by atoms with Crippen molar-refractivity contribution in [3.05, 3.63) is 65.0 Å². The second-order valence-electron chi connectivity index (χ2n) is 6.53. The van der Waals surface area contributed by atoms with E-state index in [9.17, 15) is 18.8 Å². The first-order valence-corrected chi connectivity index (χ1v) is 8.76. The number of hydrogen-bond donors (Lipinski definition) is 1. The van der Waals surface area contributed by atoms with Crippen molar-refractivity contribution in [3.8, 4) is 0 Å². The number of rotatable bonds is 7. The van der Waals surface area contributed by atoms with Gasteiger partial charge in [-0.25, -0.2) is 4.39 Å². The van der Waals surface area contributed by atoms with Crippen LogP contribution in [0.15, 0.2) is 42.5 Å². The van der Waals surface area contributed by atoms with Crippen molar-refractivity contribution in [1.29, 1.82) is 0 Å². The number of carbonyl (C=O) groups excluding carboxylic acids is 3. The molecule has 0 aromatic heterocycles. The molecule has 0 heterocycles. The zero-order valence-electron chi connectivity index (χ0n) is 16.1. The third-order valence-corrected chi connectivity index (χ3v) is 4.15. The predicted molar refractivity (Wildman–Crippen MR) is 103 cm³/mol. The summed E-state index contributed by atoms with van der Waals surface area (Å²) in [6.45, 7) is 3.11. The minimum absolute atomic E-state index is 0.137. The van der Waals surface area contributed by atoms with Crippen molar-refractivity contribution in [2.75, 3.05) is 25.5 Å². The van der Waals surface area contributed by atoms with Gasteiger partial charge >= 0.3 is 5.97 Å². The normalized spacial score (nSPS) is 10.3. The van der Waals surface area contributed by atoms with E-state index in [1.807, 2.05) is 32.0 Å². The summed E-state index contributed by atoms with van der Waals surface area (Å²) < 4.78 is 18.0. The Bertz CT molecular complexity index is 862. The molecule has 6 nitrogen and oxygen atoms in total. The lowest BCUT2D eigenvalue weighted by atomic mass is 10.1. The first kappa shape index (κ1) is 21.1. The zero-order valence-corrected chi connectivity index (χ0v) is 16.1. The average Bonchev–Trinajstić information content (AvgIpc) is 2.63. The molecule has 2 rings (SSSR count). The molecule has 28 heavy (non-hydrogen) atoms. The van der Waals surface area contributed by atoms with E-state index in [0.29, 0.717) is 5.56 Å². The van der Waals surface area contributed by atoms with Gasteiger partial charge in [0.05, 0.1) is 13.0 Å². The molecule has 0 fully saturated rings. The van der Waals surface area contributed by atoms with E-state index in [1.165, 1.54) is 30.1 Å². The van der Waals surface area contributed by atoms with Gasteiger partial charge in [-0.15, -0.1) is 0 Å². The fraction of sp³-hybridized carbons (Fsp3) is 0.286.